The third kappa shape index (κ3) is 4.46. The molecule has 1 aliphatic rings. The highest BCUT2D eigenvalue weighted by atomic mass is 35.5. The van der Waals surface area contributed by atoms with Crippen LogP contribution in [0.3, 0.4) is 0 Å². The quantitative estimate of drug-likeness (QED) is 0.930. The Morgan fingerprint density at radius 2 is 1.86 bits per heavy atom. The minimum Gasteiger partial charge on any atom is -0.349 e. The summed E-state index contributed by atoms with van der Waals surface area (Å²) in [4.78, 5) is 25.8. The lowest BCUT2D eigenvalue weighted by molar-refractivity contribution is -0.132. The van der Waals surface area contributed by atoms with Gasteiger partial charge in [-0.15, -0.1) is 0 Å². The van der Waals surface area contributed by atoms with Crippen LogP contribution in [0.1, 0.15) is 43.0 Å². The zero-order chi connectivity index (χ0) is 15.2. The summed E-state index contributed by atoms with van der Waals surface area (Å²) in [5.74, 6) is 0.143. The first-order valence-electron chi connectivity index (χ1n) is 7.44. The standard InChI is InChI=1S/C16H21ClN2O2/c1-2-3-15(20)19-10-8-14(9-11-19)18-16(21)12-4-6-13(17)7-5-12/h4-7,14H,2-3,8-11H2,1H3,(H,18,21). The summed E-state index contributed by atoms with van der Waals surface area (Å²) in [6.07, 6.45) is 3.12. The van der Waals surface area contributed by atoms with Gasteiger partial charge in [-0.2, -0.15) is 0 Å². The van der Waals surface area contributed by atoms with Gasteiger partial charge < -0.3 is 10.2 Å². The Kier molecular flexibility index (Phi) is 5.62. The smallest absolute Gasteiger partial charge is 0.251 e. The van der Waals surface area contributed by atoms with Crippen molar-refractivity contribution in [3.63, 3.8) is 0 Å². The number of nitrogens with one attached hydrogen (secondary N) is 1. The molecule has 5 heteroatoms. The second-order valence-corrected chi connectivity index (χ2v) is 5.82. The number of piperidine rings is 1. The Bertz CT molecular complexity index is 494. The molecule has 1 saturated heterocycles. The van der Waals surface area contributed by atoms with Crippen LogP contribution in [0.4, 0.5) is 0 Å². The Balaban J connectivity index is 1.82. The molecule has 1 fully saturated rings. The van der Waals surface area contributed by atoms with Gasteiger partial charge in [0.1, 0.15) is 0 Å². The van der Waals surface area contributed by atoms with E-state index in [-0.39, 0.29) is 17.9 Å². The van der Waals surface area contributed by atoms with Crippen LogP contribution in [0.15, 0.2) is 24.3 Å². The number of carbonyl (C=O) groups is 2. The molecule has 0 radical (unpaired) electrons. The van der Waals surface area contributed by atoms with Crippen molar-refractivity contribution in [1.82, 2.24) is 10.2 Å². The van der Waals surface area contributed by atoms with Gasteiger partial charge in [-0.1, -0.05) is 18.5 Å². The fourth-order valence-corrected chi connectivity index (χ4v) is 2.64. The molecule has 0 spiro atoms. The zero-order valence-electron chi connectivity index (χ0n) is 12.3. The van der Waals surface area contributed by atoms with Crippen LogP contribution in [0, 0.1) is 0 Å². The van der Waals surface area contributed by atoms with E-state index < -0.39 is 0 Å². The summed E-state index contributed by atoms with van der Waals surface area (Å²) in [5, 5.41) is 3.65. The molecule has 0 unspecified atom stereocenters. The molecule has 1 aromatic rings. The van der Waals surface area contributed by atoms with Crippen LogP contribution in [0.2, 0.25) is 5.02 Å². The minimum absolute atomic E-state index is 0.0787. The van der Waals surface area contributed by atoms with Gasteiger partial charge in [0.05, 0.1) is 0 Å². The first-order valence-corrected chi connectivity index (χ1v) is 7.82. The topological polar surface area (TPSA) is 49.4 Å². The molecular formula is C16H21ClN2O2. The molecule has 21 heavy (non-hydrogen) atoms. The second kappa shape index (κ2) is 7.46. The SMILES string of the molecule is CCCC(=O)N1CCC(NC(=O)c2ccc(Cl)cc2)CC1. The molecule has 1 heterocycles. The van der Waals surface area contributed by atoms with E-state index in [4.69, 9.17) is 11.6 Å². The molecule has 0 atom stereocenters. The second-order valence-electron chi connectivity index (χ2n) is 5.39. The number of hydrogen-bond acceptors (Lipinski definition) is 2. The molecule has 1 N–H and O–H groups in total. The van der Waals surface area contributed by atoms with Gasteiger partial charge in [-0.25, -0.2) is 0 Å². The lowest BCUT2D eigenvalue weighted by Crippen LogP contribution is -2.46. The number of rotatable bonds is 4. The maximum Gasteiger partial charge on any atom is 0.251 e. The van der Waals surface area contributed by atoms with Gasteiger partial charge in [0.15, 0.2) is 0 Å². The minimum atomic E-state index is -0.0787. The van der Waals surface area contributed by atoms with Gasteiger partial charge in [0.25, 0.3) is 5.91 Å². The average molecular weight is 309 g/mol. The summed E-state index contributed by atoms with van der Waals surface area (Å²) in [5.41, 5.74) is 0.615. The van der Waals surface area contributed by atoms with E-state index in [9.17, 15) is 9.59 Å². The number of amides is 2. The third-order valence-electron chi connectivity index (χ3n) is 3.75. The first-order chi connectivity index (χ1) is 10.1. The highest BCUT2D eigenvalue weighted by Crippen LogP contribution is 2.14. The molecule has 0 aliphatic carbocycles. The normalized spacial score (nSPS) is 15.8. The molecule has 0 saturated carbocycles. The number of nitrogens with zero attached hydrogens (tertiary/aromatic N) is 1. The van der Waals surface area contributed by atoms with Crippen molar-refractivity contribution in [2.75, 3.05) is 13.1 Å². The van der Waals surface area contributed by atoms with Crippen molar-refractivity contribution >= 4 is 23.4 Å². The lowest BCUT2D eigenvalue weighted by Gasteiger charge is -2.32. The Morgan fingerprint density at radius 3 is 2.43 bits per heavy atom. The van der Waals surface area contributed by atoms with Crippen LogP contribution in [-0.2, 0) is 4.79 Å². The molecule has 114 valence electrons. The fourth-order valence-electron chi connectivity index (χ4n) is 2.52. The summed E-state index contributed by atoms with van der Waals surface area (Å²) in [6.45, 7) is 3.46. The predicted octanol–water partition coefficient (Wildman–Crippen LogP) is 2.86. The van der Waals surface area contributed by atoms with E-state index in [0.29, 0.717) is 17.0 Å². The summed E-state index contributed by atoms with van der Waals surface area (Å²) >= 11 is 5.81. The van der Waals surface area contributed by atoms with E-state index in [1.807, 2.05) is 11.8 Å². The third-order valence-corrected chi connectivity index (χ3v) is 4.01. The number of benzene rings is 1. The van der Waals surface area contributed by atoms with E-state index in [1.54, 1.807) is 24.3 Å². The van der Waals surface area contributed by atoms with Gasteiger partial charge in [0.2, 0.25) is 5.91 Å². The largest absolute Gasteiger partial charge is 0.349 e. The van der Waals surface area contributed by atoms with Crippen molar-refractivity contribution in [3.05, 3.63) is 34.9 Å². The van der Waals surface area contributed by atoms with E-state index >= 15 is 0 Å². The van der Waals surface area contributed by atoms with E-state index in [1.165, 1.54) is 0 Å². The van der Waals surface area contributed by atoms with E-state index in [2.05, 4.69) is 5.32 Å². The van der Waals surface area contributed by atoms with Crippen molar-refractivity contribution in [3.8, 4) is 0 Å². The average Bonchev–Trinajstić information content (AvgIpc) is 2.49. The van der Waals surface area contributed by atoms with Crippen LogP contribution in [0.25, 0.3) is 0 Å². The van der Waals surface area contributed by atoms with Gasteiger partial charge >= 0.3 is 0 Å². The van der Waals surface area contributed by atoms with Crippen LogP contribution < -0.4 is 5.32 Å². The van der Waals surface area contributed by atoms with E-state index in [0.717, 1.165) is 32.4 Å². The summed E-state index contributed by atoms with van der Waals surface area (Å²) in [7, 11) is 0. The van der Waals surface area contributed by atoms with Crippen LogP contribution in [-0.4, -0.2) is 35.8 Å². The number of likely N-dealkylation sites (tertiary alicyclic amines) is 1. The molecule has 1 aliphatic heterocycles. The Labute approximate surface area is 130 Å². The van der Waals surface area contributed by atoms with Crippen molar-refractivity contribution in [2.45, 2.75) is 38.6 Å². The predicted molar refractivity (Wildman–Crippen MR) is 83.4 cm³/mol. The maximum atomic E-state index is 12.1. The van der Waals surface area contributed by atoms with Gasteiger partial charge in [-0.05, 0) is 43.5 Å². The molecule has 0 bridgehead atoms. The summed E-state index contributed by atoms with van der Waals surface area (Å²) in [6, 6.07) is 7.00. The number of halogens is 1. The lowest BCUT2D eigenvalue weighted by atomic mass is 10.0. The molecular weight excluding hydrogens is 288 g/mol. The number of hydrogen-bond donors (Lipinski definition) is 1. The van der Waals surface area contributed by atoms with Gasteiger partial charge in [-0.3, -0.25) is 9.59 Å². The highest BCUT2D eigenvalue weighted by molar-refractivity contribution is 6.30. The Morgan fingerprint density at radius 1 is 1.24 bits per heavy atom. The van der Waals surface area contributed by atoms with Gasteiger partial charge in [0, 0.05) is 36.1 Å². The molecule has 0 aromatic heterocycles. The number of carbonyl (C=O) groups excluding carboxylic acids is 2. The van der Waals surface area contributed by atoms with Crippen LogP contribution >= 0.6 is 11.6 Å². The molecule has 2 rings (SSSR count). The maximum absolute atomic E-state index is 12.1. The van der Waals surface area contributed by atoms with Crippen molar-refractivity contribution in [2.24, 2.45) is 0 Å². The Hall–Kier alpha value is -1.55. The van der Waals surface area contributed by atoms with Crippen LogP contribution in [0.5, 0.6) is 0 Å². The fraction of sp³-hybridized carbons (Fsp3) is 0.500. The monoisotopic (exact) mass is 308 g/mol. The van der Waals surface area contributed by atoms with Crippen molar-refractivity contribution in [1.29, 1.82) is 0 Å². The first kappa shape index (κ1) is 15.8. The molecule has 4 nitrogen and oxygen atoms in total. The molecule has 1 aromatic carbocycles. The highest BCUT2D eigenvalue weighted by Gasteiger charge is 2.23. The van der Waals surface area contributed by atoms with Crippen molar-refractivity contribution < 1.29 is 9.59 Å². The molecule has 2 amide bonds. The zero-order valence-corrected chi connectivity index (χ0v) is 13.0. The summed E-state index contributed by atoms with van der Waals surface area (Å²) < 4.78 is 0.